The molecule has 5 rings (SSSR count). The van der Waals surface area contributed by atoms with E-state index in [4.69, 9.17) is 18.9 Å². The van der Waals surface area contributed by atoms with Gasteiger partial charge in [-0.1, -0.05) is 24.3 Å². The number of hydrogen-bond acceptors (Lipinski definition) is 7. The molecular formula is C28H25FN2O5S. The van der Waals surface area contributed by atoms with Crippen LogP contribution in [0.2, 0.25) is 0 Å². The lowest BCUT2D eigenvalue weighted by Gasteiger charge is -2.12. The van der Waals surface area contributed by atoms with Crippen LogP contribution in [0.3, 0.4) is 0 Å². The lowest BCUT2D eigenvalue weighted by atomic mass is 9.95. The predicted octanol–water partition coefficient (Wildman–Crippen LogP) is 6.18. The number of fused-ring (bicyclic) bond motifs is 2. The standard InChI is InChI=1S/C28H25FN2O5S/c1-3-35-28(33)23-17-10-4-7-14-22(17)37-27(23)31-26-18(25(32)30-20-12-6-5-11-19(20)29)15-16-9-8-13-21(34-2)24(16)36-26/h5-6,8-9,11-13,15H,3-4,7,10,14H2,1-2H3,(H,30,32). The summed E-state index contributed by atoms with van der Waals surface area (Å²) >= 11 is 1.40. The Balaban J connectivity index is 1.72. The van der Waals surface area contributed by atoms with Gasteiger partial charge in [-0.15, -0.1) is 11.3 Å². The summed E-state index contributed by atoms with van der Waals surface area (Å²) in [4.78, 5) is 32.1. The van der Waals surface area contributed by atoms with Gasteiger partial charge in [0.1, 0.15) is 16.4 Å². The SMILES string of the molecule is CCOC(=O)c1c(N=c2oc3c(OC)cccc3cc2C(=O)Nc2ccccc2F)sc2c1CCCC2. The van der Waals surface area contributed by atoms with E-state index in [1.165, 1.54) is 30.6 Å². The zero-order chi connectivity index (χ0) is 25.9. The van der Waals surface area contributed by atoms with E-state index < -0.39 is 17.7 Å². The number of carbonyl (C=O) groups excluding carboxylic acids is 2. The highest BCUT2D eigenvalue weighted by Crippen LogP contribution is 2.40. The smallest absolute Gasteiger partial charge is 0.341 e. The second-order valence-electron chi connectivity index (χ2n) is 8.50. The van der Waals surface area contributed by atoms with Crippen LogP contribution in [0.1, 0.15) is 50.9 Å². The third-order valence-electron chi connectivity index (χ3n) is 6.16. The first-order valence-corrected chi connectivity index (χ1v) is 12.8. The van der Waals surface area contributed by atoms with E-state index in [1.54, 1.807) is 43.3 Å². The fraction of sp³-hybridized carbons (Fsp3) is 0.250. The molecule has 0 bridgehead atoms. The average molecular weight is 521 g/mol. The van der Waals surface area contributed by atoms with Crippen molar-refractivity contribution in [1.82, 2.24) is 0 Å². The van der Waals surface area contributed by atoms with E-state index in [0.717, 1.165) is 36.1 Å². The maximum atomic E-state index is 14.3. The summed E-state index contributed by atoms with van der Waals surface area (Å²) in [5.41, 5.74) is 1.86. The number of benzene rings is 2. The second kappa shape index (κ2) is 10.6. The molecule has 1 aliphatic carbocycles. The molecule has 190 valence electrons. The van der Waals surface area contributed by atoms with E-state index in [-0.39, 0.29) is 23.4 Å². The van der Waals surface area contributed by atoms with Crippen molar-refractivity contribution in [2.75, 3.05) is 19.0 Å². The van der Waals surface area contributed by atoms with Crippen molar-refractivity contribution in [3.8, 4) is 5.75 Å². The summed E-state index contributed by atoms with van der Waals surface area (Å²) in [6.07, 6.45) is 3.62. The van der Waals surface area contributed by atoms with Crippen LogP contribution in [0.5, 0.6) is 5.75 Å². The van der Waals surface area contributed by atoms with Crippen LogP contribution < -0.4 is 15.6 Å². The number of ether oxygens (including phenoxy) is 2. The van der Waals surface area contributed by atoms with Gasteiger partial charge in [0.25, 0.3) is 5.91 Å². The highest BCUT2D eigenvalue weighted by atomic mass is 32.1. The van der Waals surface area contributed by atoms with Crippen molar-refractivity contribution < 1.29 is 27.9 Å². The zero-order valence-electron chi connectivity index (χ0n) is 20.4. The minimum absolute atomic E-state index is 0.0185. The van der Waals surface area contributed by atoms with Gasteiger partial charge in [0.05, 0.1) is 25.0 Å². The Morgan fingerprint density at radius 3 is 2.73 bits per heavy atom. The normalized spacial score (nSPS) is 13.3. The number of rotatable bonds is 6. The number of carbonyl (C=O) groups is 2. The Bertz CT molecular complexity index is 1570. The molecule has 37 heavy (non-hydrogen) atoms. The van der Waals surface area contributed by atoms with E-state index >= 15 is 0 Å². The molecule has 4 aromatic rings. The number of aryl methyl sites for hydroxylation is 1. The Morgan fingerprint density at radius 1 is 1.14 bits per heavy atom. The number of esters is 1. The first-order chi connectivity index (χ1) is 18.0. The van der Waals surface area contributed by atoms with E-state index in [2.05, 4.69) is 5.32 Å². The van der Waals surface area contributed by atoms with Gasteiger partial charge in [-0.25, -0.2) is 14.2 Å². The van der Waals surface area contributed by atoms with Gasteiger partial charge in [0.2, 0.25) is 5.55 Å². The molecule has 2 heterocycles. The van der Waals surface area contributed by atoms with Crippen LogP contribution in [-0.2, 0) is 17.6 Å². The van der Waals surface area contributed by atoms with Crippen LogP contribution in [-0.4, -0.2) is 25.6 Å². The van der Waals surface area contributed by atoms with E-state index in [0.29, 0.717) is 27.3 Å². The number of thiophene rings is 1. The molecule has 0 saturated carbocycles. The van der Waals surface area contributed by atoms with Crippen molar-refractivity contribution in [2.24, 2.45) is 4.99 Å². The highest BCUT2D eigenvalue weighted by molar-refractivity contribution is 7.16. The molecule has 7 nitrogen and oxygen atoms in total. The molecule has 0 fully saturated rings. The Morgan fingerprint density at radius 2 is 1.95 bits per heavy atom. The van der Waals surface area contributed by atoms with Gasteiger partial charge in [-0.2, -0.15) is 0 Å². The Kier molecular flexibility index (Phi) is 7.05. The molecule has 1 N–H and O–H groups in total. The lowest BCUT2D eigenvalue weighted by molar-refractivity contribution is 0.0526. The minimum atomic E-state index is -0.601. The van der Waals surface area contributed by atoms with Gasteiger partial charge in [0.15, 0.2) is 11.3 Å². The number of para-hydroxylation sites is 2. The Labute approximate surface area is 216 Å². The van der Waals surface area contributed by atoms with Gasteiger partial charge in [0, 0.05) is 10.3 Å². The molecule has 0 atom stereocenters. The zero-order valence-corrected chi connectivity index (χ0v) is 21.2. The summed E-state index contributed by atoms with van der Waals surface area (Å²) in [5.74, 6) is -1.15. The molecule has 0 saturated heterocycles. The molecule has 1 aliphatic rings. The summed E-state index contributed by atoms with van der Waals surface area (Å²) < 4.78 is 31.2. The second-order valence-corrected chi connectivity index (χ2v) is 9.58. The quantitative estimate of drug-likeness (QED) is 0.307. The molecule has 2 aromatic carbocycles. The van der Waals surface area contributed by atoms with Gasteiger partial charge < -0.3 is 19.2 Å². The van der Waals surface area contributed by atoms with Crippen molar-refractivity contribution >= 4 is 44.9 Å². The summed E-state index contributed by atoms with van der Waals surface area (Å²) in [5, 5.41) is 3.62. The number of nitrogens with one attached hydrogen (secondary N) is 1. The summed E-state index contributed by atoms with van der Waals surface area (Å²) in [6.45, 7) is 1.99. The minimum Gasteiger partial charge on any atom is -0.493 e. The van der Waals surface area contributed by atoms with Gasteiger partial charge >= 0.3 is 5.97 Å². The number of anilines is 1. The van der Waals surface area contributed by atoms with Crippen LogP contribution >= 0.6 is 11.3 Å². The molecule has 0 spiro atoms. The summed E-state index contributed by atoms with van der Waals surface area (Å²) in [6, 6.07) is 12.8. The third kappa shape index (κ3) is 4.86. The topological polar surface area (TPSA) is 90.1 Å². The fourth-order valence-corrected chi connectivity index (χ4v) is 5.66. The molecule has 0 unspecified atom stereocenters. The first kappa shape index (κ1) is 24.7. The van der Waals surface area contributed by atoms with Crippen molar-refractivity contribution in [2.45, 2.75) is 32.6 Å². The molecule has 0 aliphatic heterocycles. The molecule has 0 radical (unpaired) electrons. The fourth-order valence-electron chi connectivity index (χ4n) is 4.42. The number of hydrogen-bond donors (Lipinski definition) is 1. The first-order valence-electron chi connectivity index (χ1n) is 12.0. The lowest BCUT2D eigenvalue weighted by Crippen LogP contribution is -2.22. The van der Waals surface area contributed by atoms with Gasteiger partial charge in [-0.3, -0.25) is 4.79 Å². The van der Waals surface area contributed by atoms with E-state index in [9.17, 15) is 14.0 Å². The molecule has 1 amide bonds. The van der Waals surface area contributed by atoms with Crippen LogP contribution in [0.25, 0.3) is 11.0 Å². The van der Waals surface area contributed by atoms with E-state index in [1.807, 2.05) is 0 Å². The Hall–Kier alpha value is -3.98. The molecule has 2 aromatic heterocycles. The van der Waals surface area contributed by atoms with Gasteiger partial charge in [-0.05, 0) is 62.4 Å². The van der Waals surface area contributed by atoms with Crippen LogP contribution in [0, 0.1) is 5.82 Å². The number of methoxy groups -OCH3 is 1. The van der Waals surface area contributed by atoms with Crippen molar-refractivity contribution in [3.63, 3.8) is 0 Å². The summed E-state index contributed by atoms with van der Waals surface area (Å²) in [7, 11) is 1.52. The monoisotopic (exact) mass is 520 g/mol. The maximum Gasteiger partial charge on any atom is 0.341 e. The van der Waals surface area contributed by atoms with Crippen molar-refractivity contribution in [1.29, 1.82) is 0 Å². The largest absolute Gasteiger partial charge is 0.493 e. The molecular weight excluding hydrogens is 495 g/mol. The number of amides is 1. The van der Waals surface area contributed by atoms with Crippen LogP contribution in [0.15, 0.2) is 57.9 Å². The third-order valence-corrected chi connectivity index (χ3v) is 7.35. The van der Waals surface area contributed by atoms with Crippen LogP contribution in [0.4, 0.5) is 15.1 Å². The number of halogens is 1. The highest BCUT2D eigenvalue weighted by Gasteiger charge is 2.27. The predicted molar refractivity (Wildman–Crippen MR) is 139 cm³/mol. The van der Waals surface area contributed by atoms with Crippen molar-refractivity contribution in [3.05, 3.63) is 81.5 Å². The molecule has 9 heteroatoms. The maximum absolute atomic E-state index is 14.3. The average Bonchev–Trinajstić information content (AvgIpc) is 3.27. The number of nitrogens with zero attached hydrogens (tertiary/aromatic N) is 1.